The molecule has 0 spiro atoms. The van der Waals surface area contributed by atoms with Crippen LogP contribution in [0.3, 0.4) is 0 Å². The maximum absolute atomic E-state index is 11.6. The highest BCUT2D eigenvalue weighted by molar-refractivity contribution is 5.85. The van der Waals surface area contributed by atoms with Crippen LogP contribution in [-0.4, -0.2) is 30.7 Å². The maximum Gasteiger partial charge on any atom is 0.325 e. The van der Waals surface area contributed by atoms with E-state index in [1.807, 2.05) is 12.1 Å². The number of aliphatic carboxylic acids is 1. The first-order valence-electron chi connectivity index (χ1n) is 9.01. The number of carbonyl (C=O) groups is 1. The molecule has 1 aliphatic heterocycles. The lowest BCUT2D eigenvalue weighted by molar-refractivity contribution is -0.139. The molecule has 1 aliphatic carbocycles. The number of hydrogen-bond donors (Lipinski definition) is 3. The van der Waals surface area contributed by atoms with E-state index in [2.05, 4.69) is 22.8 Å². The third kappa shape index (κ3) is 6.14. The molecule has 1 aromatic rings. The Morgan fingerprint density at radius 3 is 2.24 bits per heavy atom. The Labute approximate surface area is 163 Å². The minimum Gasteiger partial charge on any atom is -0.480 e. The highest BCUT2D eigenvalue weighted by Crippen LogP contribution is 2.34. The molecule has 3 rings (SSSR count). The SMILES string of the molecule is Cl.Cl.O=C(O)[C@@H](NCC1CCNCC1)c1ccc(C2CCCC2)cc1. The molecular weight excluding hydrogens is 359 g/mol. The molecule has 4 nitrogen and oxygen atoms in total. The average Bonchev–Trinajstić information content (AvgIpc) is 3.11. The summed E-state index contributed by atoms with van der Waals surface area (Å²) >= 11 is 0. The van der Waals surface area contributed by atoms with Crippen LogP contribution < -0.4 is 10.6 Å². The highest BCUT2D eigenvalue weighted by atomic mass is 35.5. The number of benzene rings is 1. The lowest BCUT2D eigenvalue weighted by Crippen LogP contribution is -2.37. The molecule has 1 aromatic carbocycles. The van der Waals surface area contributed by atoms with Gasteiger partial charge in [-0.15, -0.1) is 24.8 Å². The van der Waals surface area contributed by atoms with E-state index >= 15 is 0 Å². The zero-order chi connectivity index (χ0) is 16.1. The van der Waals surface area contributed by atoms with Crippen LogP contribution >= 0.6 is 24.8 Å². The van der Waals surface area contributed by atoms with Gasteiger partial charge in [0.1, 0.15) is 6.04 Å². The Bertz CT molecular complexity index is 513. The number of rotatable bonds is 6. The molecule has 0 bridgehead atoms. The third-order valence-electron chi connectivity index (χ3n) is 5.41. The fourth-order valence-corrected chi connectivity index (χ4v) is 3.94. The Hall–Kier alpha value is -0.810. The molecule has 0 radical (unpaired) electrons. The topological polar surface area (TPSA) is 61.4 Å². The van der Waals surface area contributed by atoms with Gasteiger partial charge >= 0.3 is 5.97 Å². The van der Waals surface area contributed by atoms with Crippen LogP contribution in [-0.2, 0) is 4.79 Å². The Kier molecular flexibility index (Phi) is 9.80. The second-order valence-corrected chi connectivity index (χ2v) is 7.02. The molecule has 1 atom stereocenters. The molecule has 0 amide bonds. The van der Waals surface area contributed by atoms with Crippen LogP contribution in [0.5, 0.6) is 0 Å². The molecule has 2 fully saturated rings. The van der Waals surface area contributed by atoms with Crippen molar-refractivity contribution < 1.29 is 9.90 Å². The Balaban J connectivity index is 0.00000156. The van der Waals surface area contributed by atoms with Gasteiger partial charge in [0.15, 0.2) is 0 Å². The first-order valence-corrected chi connectivity index (χ1v) is 9.01. The van der Waals surface area contributed by atoms with Gasteiger partial charge in [0, 0.05) is 0 Å². The summed E-state index contributed by atoms with van der Waals surface area (Å²) in [7, 11) is 0. The van der Waals surface area contributed by atoms with Gasteiger partial charge in [-0.1, -0.05) is 37.1 Å². The van der Waals surface area contributed by atoms with E-state index in [-0.39, 0.29) is 24.8 Å². The molecule has 1 saturated carbocycles. The van der Waals surface area contributed by atoms with Crippen LogP contribution in [0.2, 0.25) is 0 Å². The first kappa shape index (κ1) is 22.2. The van der Waals surface area contributed by atoms with Crippen molar-refractivity contribution in [3.63, 3.8) is 0 Å². The molecule has 0 aromatic heterocycles. The normalized spacial score (nSPS) is 19.7. The fourth-order valence-electron chi connectivity index (χ4n) is 3.94. The lowest BCUT2D eigenvalue weighted by Gasteiger charge is -2.25. The van der Waals surface area contributed by atoms with Crippen molar-refractivity contribution in [1.82, 2.24) is 10.6 Å². The second-order valence-electron chi connectivity index (χ2n) is 7.02. The van der Waals surface area contributed by atoms with E-state index in [1.54, 1.807) is 0 Å². The summed E-state index contributed by atoms with van der Waals surface area (Å²) in [6.07, 6.45) is 7.44. The molecule has 1 saturated heterocycles. The predicted molar refractivity (Wildman–Crippen MR) is 106 cm³/mol. The second kappa shape index (κ2) is 11.0. The van der Waals surface area contributed by atoms with E-state index in [1.165, 1.54) is 31.2 Å². The van der Waals surface area contributed by atoms with Crippen molar-refractivity contribution in [2.24, 2.45) is 5.92 Å². The number of carboxylic acid groups (broad SMARTS) is 1. The quantitative estimate of drug-likeness (QED) is 0.691. The van der Waals surface area contributed by atoms with E-state index in [9.17, 15) is 9.90 Å². The molecule has 25 heavy (non-hydrogen) atoms. The summed E-state index contributed by atoms with van der Waals surface area (Å²) < 4.78 is 0. The lowest BCUT2D eigenvalue weighted by atomic mass is 9.94. The van der Waals surface area contributed by atoms with E-state index < -0.39 is 12.0 Å². The van der Waals surface area contributed by atoms with Crippen molar-refractivity contribution in [2.45, 2.75) is 50.5 Å². The van der Waals surface area contributed by atoms with E-state index in [0.29, 0.717) is 11.8 Å². The molecular formula is C19H30Cl2N2O2. The van der Waals surface area contributed by atoms with Gasteiger partial charge in [-0.05, 0) is 68.3 Å². The largest absolute Gasteiger partial charge is 0.480 e. The first-order chi connectivity index (χ1) is 11.2. The summed E-state index contributed by atoms with van der Waals surface area (Å²) in [4.78, 5) is 11.6. The summed E-state index contributed by atoms with van der Waals surface area (Å²) in [6, 6.07) is 7.67. The van der Waals surface area contributed by atoms with E-state index in [4.69, 9.17) is 0 Å². The molecule has 142 valence electrons. The third-order valence-corrected chi connectivity index (χ3v) is 5.41. The Morgan fingerprint density at radius 1 is 1.08 bits per heavy atom. The van der Waals surface area contributed by atoms with Crippen LogP contribution in [0.25, 0.3) is 0 Å². The van der Waals surface area contributed by atoms with Crippen LogP contribution in [0.4, 0.5) is 0 Å². The minimum atomic E-state index is -0.785. The standard InChI is InChI=1S/C19H28N2O2.2ClH/c22-19(23)18(21-13-14-9-11-20-12-10-14)17-7-5-16(6-8-17)15-3-1-2-4-15;;/h5-8,14-15,18,20-21H,1-4,9-13H2,(H,22,23);2*1H/t18-;;/m0../s1. The molecule has 1 heterocycles. The fraction of sp³-hybridized carbons (Fsp3) is 0.632. The van der Waals surface area contributed by atoms with Crippen LogP contribution in [0.1, 0.15) is 61.6 Å². The number of nitrogens with one attached hydrogen (secondary N) is 2. The number of halogens is 2. The van der Waals surface area contributed by atoms with Gasteiger partial charge in [0.2, 0.25) is 0 Å². The zero-order valence-corrected chi connectivity index (χ0v) is 16.2. The average molecular weight is 389 g/mol. The van der Waals surface area contributed by atoms with Crippen molar-refractivity contribution >= 4 is 30.8 Å². The van der Waals surface area contributed by atoms with Gasteiger partial charge in [-0.2, -0.15) is 0 Å². The molecule has 2 aliphatic rings. The van der Waals surface area contributed by atoms with Gasteiger partial charge < -0.3 is 15.7 Å². The maximum atomic E-state index is 11.6. The van der Waals surface area contributed by atoms with Crippen molar-refractivity contribution in [3.8, 4) is 0 Å². The van der Waals surface area contributed by atoms with E-state index in [0.717, 1.165) is 38.0 Å². The summed E-state index contributed by atoms with van der Waals surface area (Å²) in [5.74, 6) is 0.471. The number of hydrogen-bond acceptors (Lipinski definition) is 3. The minimum absolute atomic E-state index is 0. The summed E-state index contributed by atoms with van der Waals surface area (Å²) in [6.45, 7) is 2.86. The van der Waals surface area contributed by atoms with Gasteiger partial charge in [0.05, 0.1) is 0 Å². The van der Waals surface area contributed by atoms with Crippen molar-refractivity contribution in [2.75, 3.05) is 19.6 Å². The number of piperidine rings is 1. The van der Waals surface area contributed by atoms with Crippen molar-refractivity contribution in [3.05, 3.63) is 35.4 Å². The predicted octanol–water partition coefficient (Wildman–Crippen LogP) is 3.90. The van der Waals surface area contributed by atoms with Crippen LogP contribution in [0, 0.1) is 5.92 Å². The Morgan fingerprint density at radius 2 is 1.68 bits per heavy atom. The number of carboxylic acids is 1. The summed E-state index contributed by atoms with van der Waals surface area (Å²) in [5, 5.41) is 16.2. The monoisotopic (exact) mass is 388 g/mol. The smallest absolute Gasteiger partial charge is 0.325 e. The molecule has 0 unspecified atom stereocenters. The van der Waals surface area contributed by atoms with Gasteiger partial charge in [0.25, 0.3) is 0 Å². The van der Waals surface area contributed by atoms with Crippen LogP contribution in [0.15, 0.2) is 24.3 Å². The summed E-state index contributed by atoms with van der Waals surface area (Å²) in [5.41, 5.74) is 2.24. The molecule has 3 N–H and O–H groups in total. The van der Waals surface area contributed by atoms with Crippen molar-refractivity contribution in [1.29, 1.82) is 0 Å². The van der Waals surface area contributed by atoms with Gasteiger partial charge in [-0.25, -0.2) is 0 Å². The molecule has 6 heteroatoms. The zero-order valence-electron chi connectivity index (χ0n) is 14.6. The van der Waals surface area contributed by atoms with Gasteiger partial charge in [-0.3, -0.25) is 4.79 Å². The highest BCUT2D eigenvalue weighted by Gasteiger charge is 2.23.